The Labute approximate surface area is 186 Å². The molecule has 18 heavy (non-hydrogen) atoms. The van der Waals surface area contributed by atoms with Gasteiger partial charge in [0.25, 0.3) is 0 Å². The fourth-order valence-electron chi connectivity index (χ4n) is 0.327. The van der Waals surface area contributed by atoms with Crippen LogP contribution >= 0.6 is 58.0 Å². The SMILES string of the molecule is ClCC(Cl)CCl.ClCCOCOCCCl.[Na+].[Na+].[S-2]. The Hall–Kier alpha value is 3.72. The summed E-state index contributed by atoms with van der Waals surface area (Å²) in [5, 5.41) is -0.0617. The molecular formula is C8H15Cl5Na2O2S. The zero-order valence-electron chi connectivity index (χ0n) is 10.6. The van der Waals surface area contributed by atoms with E-state index in [0.29, 0.717) is 43.5 Å². The summed E-state index contributed by atoms with van der Waals surface area (Å²) in [4.78, 5) is 0. The molecule has 0 N–H and O–H groups in total. The molecule has 0 aliphatic rings. The second kappa shape index (κ2) is 32.6. The molecule has 102 valence electrons. The van der Waals surface area contributed by atoms with Crippen molar-refractivity contribution >= 4 is 71.5 Å². The van der Waals surface area contributed by atoms with Crippen molar-refractivity contribution in [3.05, 3.63) is 0 Å². The van der Waals surface area contributed by atoms with Crippen LogP contribution in [0, 0.1) is 0 Å². The molecule has 0 saturated carbocycles. The van der Waals surface area contributed by atoms with E-state index in [4.69, 9.17) is 67.5 Å². The fourth-order valence-corrected chi connectivity index (χ4v) is 0.875. The first-order chi connectivity index (χ1) is 7.22. The average molecular weight is 399 g/mol. The van der Waals surface area contributed by atoms with Crippen molar-refractivity contribution in [1.82, 2.24) is 0 Å². The van der Waals surface area contributed by atoms with E-state index in [1.165, 1.54) is 0 Å². The van der Waals surface area contributed by atoms with Gasteiger partial charge in [0.15, 0.2) is 0 Å². The van der Waals surface area contributed by atoms with E-state index in [1.54, 1.807) is 0 Å². The van der Waals surface area contributed by atoms with Gasteiger partial charge in [-0.15, -0.1) is 58.0 Å². The minimum atomic E-state index is -0.0617. The van der Waals surface area contributed by atoms with Crippen LogP contribution in [0.15, 0.2) is 0 Å². The van der Waals surface area contributed by atoms with E-state index in [9.17, 15) is 0 Å². The summed E-state index contributed by atoms with van der Waals surface area (Å²) in [6, 6.07) is 0. The minimum Gasteiger partial charge on any atom is -2.00 e. The van der Waals surface area contributed by atoms with E-state index in [2.05, 4.69) is 0 Å². The quantitative estimate of drug-likeness (QED) is 0.195. The second-order valence-electron chi connectivity index (χ2n) is 2.22. The molecular weight excluding hydrogens is 383 g/mol. The standard InChI is InChI=1S/C5H10Cl2O2.C3H5Cl3.2Na.S/c6-1-3-8-5-9-4-2-7;4-1-3(6)2-5;;;/h1-5H2;3H,1-2H2;;;/q;;2*+1;-2. The van der Waals surface area contributed by atoms with Crippen molar-refractivity contribution in [3.8, 4) is 0 Å². The summed E-state index contributed by atoms with van der Waals surface area (Å²) < 4.78 is 9.74. The van der Waals surface area contributed by atoms with Gasteiger partial charge in [-0.25, -0.2) is 0 Å². The van der Waals surface area contributed by atoms with Crippen LogP contribution in [0.1, 0.15) is 0 Å². The van der Waals surface area contributed by atoms with E-state index in [-0.39, 0.29) is 78.0 Å². The maximum Gasteiger partial charge on any atom is 1.00 e. The average Bonchev–Trinajstić information content (AvgIpc) is 2.29. The molecule has 0 amide bonds. The van der Waals surface area contributed by atoms with Gasteiger partial charge in [-0.2, -0.15) is 0 Å². The Balaban J connectivity index is -0.0000000566. The molecule has 0 aromatic heterocycles. The van der Waals surface area contributed by atoms with Gasteiger partial charge in [0.05, 0.1) is 18.6 Å². The third kappa shape index (κ3) is 36.7. The smallest absolute Gasteiger partial charge is 1.00 e. The molecule has 0 rings (SSSR count). The zero-order chi connectivity index (χ0) is 11.9. The topological polar surface area (TPSA) is 18.5 Å². The predicted molar refractivity (Wildman–Crippen MR) is 76.7 cm³/mol. The summed E-state index contributed by atoms with van der Waals surface area (Å²) in [5.74, 6) is 1.88. The number of ether oxygens (including phenoxy) is 2. The maximum atomic E-state index is 5.39. The third-order valence-corrected chi connectivity index (χ3v) is 2.62. The zero-order valence-corrected chi connectivity index (χ0v) is 19.2. The molecule has 0 atom stereocenters. The van der Waals surface area contributed by atoms with Crippen LogP contribution in [-0.4, -0.2) is 48.9 Å². The van der Waals surface area contributed by atoms with Gasteiger partial charge >= 0.3 is 59.1 Å². The van der Waals surface area contributed by atoms with Crippen LogP contribution in [0.3, 0.4) is 0 Å². The van der Waals surface area contributed by atoms with Crippen molar-refractivity contribution in [2.75, 3.05) is 43.5 Å². The number of hydrogen-bond donors (Lipinski definition) is 0. The molecule has 0 fully saturated rings. The van der Waals surface area contributed by atoms with Crippen molar-refractivity contribution in [2.45, 2.75) is 5.38 Å². The first kappa shape index (κ1) is 33.4. The Kier molecular flexibility index (Phi) is 60.4. The summed E-state index contributed by atoms with van der Waals surface area (Å²) in [5.41, 5.74) is 0. The molecule has 0 aliphatic carbocycles. The van der Waals surface area contributed by atoms with Gasteiger partial charge in [0.1, 0.15) is 6.79 Å². The fraction of sp³-hybridized carbons (Fsp3) is 1.00. The van der Waals surface area contributed by atoms with E-state index >= 15 is 0 Å². The Bertz CT molecular complexity index is 111. The minimum absolute atomic E-state index is 0. The summed E-state index contributed by atoms with van der Waals surface area (Å²) in [6.07, 6.45) is 0. The van der Waals surface area contributed by atoms with Crippen molar-refractivity contribution < 1.29 is 68.6 Å². The van der Waals surface area contributed by atoms with Gasteiger partial charge in [-0.05, 0) is 0 Å². The second-order valence-corrected chi connectivity index (χ2v) is 4.21. The molecule has 0 spiro atoms. The van der Waals surface area contributed by atoms with Crippen LogP contribution in [0.25, 0.3) is 0 Å². The predicted octanol–water partition coefficient (Wildman–Crippen LogP) is -2.47. The largest absolute Gasteiger partial charge is 2.00 e. The van der Waals surface area contributed by atoms with Crippen LogP contribution in [-0.2, 0) is 23.0 Å². The molecule has 0 saturated heterocycles. The number of alkyl halides is 5. The van der Waals surface area contributed by atoms with Gasteiger partial charge in [-0.3, -0.25) is 0 Å². The molecule has 0 aromatic carbocycles. The summed E-state index contributed by atoms with van der Waals surface area (Å²) in [7, 11) is 0. The van der Waals surface area contributed by atoms with Crippen LogP contribution in [0.2, 0.25) is 0 Å². The normalized spacial score (nSPS) is 8.33. The maximum absolute atomic E-state index is 5.39. The first-order valence-corrected chi connectivity index (χ1v) is 6.83. The molecule has 0 radical (unpaired) electrons. The molecule has 2 nitrogen and oxygen atoms in total. The Morgan fingerprint density at radius 2 is 1.11 bits per heavy atom. The molecule has 0 bridgehead atoms. The van der Waals surface area contributed by atoms with E-state index in [1.807, 2.05) is 0 Å². The molecule has 0 heterocycles. The van der Waals surface area contributed by atoms with Crippen LogP contribution < -0.4 is 59.1 Å². The Morgan fingerprint density at radius 3 is 1.28 bits per heavy atom. The van der Waals surface area contributed by atoms with Crippen molar-refractivity contribution in [3.63, 3.8) is 0 Å². The third-order valence-electron chi connectivity index (χ3n) is 0.945. The van der Waals surface area contributed by atoms with Crippen LogP contribution in [0.5, 0.6) is 0 Å². The van der Waals surface area contributed by atoms with Crippen molar-refractivity contribution in [2.24, 2.45) is 0 Å². The summed E-state index contributed by atoms with van der Waals surface area (Å²) in [6.45, 7) is 1.35. The van der Waals surface area contributed by atoms with Crippen molar-refractivity contribution in [1.29, 1.82) is 0 Å². The number of hydrogen-bond acceptors (Lipinski definition) is 2. The Morgan fingerprint density at radius 1 is 0.778 bits per heavy atom. The van der Waals surface area contributed by atoms with Gasteiger partial charge in [0, 0.05) is 23.5 Å². The van der Waals surface area contributed by atoms with Gasteiger partial charge in [0.2, 0.25) is 0 Å². The molecule has 0 aromatic rings. The first-order valence-electron chi connectivity index (χ1n) is 4.26. The number of halogens is 5. The van der Waals surface area contributed by atoms with Crippen LogP contribution in [0.4, 0.5) is 0 Å². The molecule has 0 aliphatic heterocycles. The van der Waals surface area contributed by atoms with Gasteiger partial charge in [-0.1, -0.05) is 0 Å². The monoisotopic (exact) mass is 396 g/mol. The summed E-state index contributed by atoms with van der Waals surface area (Å²) >= 11 is 26.5. The van der Waals surface area contributed by atoms with Gasteiger partial charge < -0.3 is 23.0 Å². The van der Waals surface area contributed by atoms with E-state index < -0.39 is 0 Å². The molecule has 10 heteroatoms. The number of rotatable bonds is 8. The molecule has 0 unspecified atom stereocenters. The van der Waals surface area contributed by atoms with E-state index in [0.717, 1.165) is 0 Å².